The molecule has 0 heterocycles. The van der Waals surface area contributed by atoms with Crippen LogP contribution in [0.2, 0.25) is 5.02 Å². The molecule has 0 aliphatic heterocycles. The molecule has 0 spiro atoms. The second kappa shape index (κ2) is 7.70. The highest BCUT2D eigenvalue weighted by Crippen LogP contribution is 2.17. The van der Waals surface area contributed by atoms with Crippen LogP contribution < -0.4 is 4.74 Å². The first-order chi connectivity index (χ1) is 10.2. The second-order valence-corrected chi connectivity index (χ2v) is 5.01. The van der Waals surface area contributed by atoms with Gasteiger partial charge < -0.3 is 9.64 Å². The van der Waals surface area contributed by atoms with Gasteiger partial charge >= 0.3 is 0 Å². The fourth-order valence-corrected chi connectivity index (χ4v) is 2.16. The maximum Gasteiger partial charge on any atom is 0.260 e. The molecule has 0 saturated heterocycles. The summed E-state index contributed by atoms with van der Waals surface area (Å²) in [5.41, 5.74) is 0.939. The van der Waals surface area contributed by atoms with Crippen LogP contribution in [0.25, 0.3) is 0 Å². The Morgan fingerprint density at radius 1 is 1.10 bits per heavy atom. The number of amides is 1. The summed E-state index contributed by atoms with van der Waals surface area (Å²) in [6.45, 7) is 3.08. The van der Waals surface area contributed by atoms with Gasteiger partial charge in [-0.05, 0) is 30.7 Å². The van der Waals surface area contributed by atoms with E-state index in [1.54, 1.807) is 4.90 Å². The number of carbonyl (C=O) groups is 1. The minimum Gasteiger partial charge on any atom is -0.484 e. The largest absolute Gasteiger partial charge is 0.484 e. The third-order valence-corrected chi connectivity index (χ3v) is 3.53. The van der Waals surface area contributed by atoms with Gasteiger partial charge in [-0.2, -0.15) is 0 Å². The maximum absolute atomic E-state index is 12.2. The van der Waals surface area contributed by atoms with Crippen molar-refractivity contribution < 1.29 is 9.53 Å². The van der Waals surface area contributed by atoms with Gasteiger partial charge in [-0.1, -0.05) is 48.0 Å². The molecule has 0 aliphatic rings. The van der Waals surface area contributed by atoms with Gasteiger partial charge in [0, 0.05) is 18.1 Å². The van der Waals surface area contributed by atoms with Gasteiger partial charge in [0.05, 0.1) is 0 Å². The van der Waals surface area contributed by atoms with Crippen LogP contribution in [0.5, 0.6) is 5.75 Å². The molecule has 0 N–H and O–H groups in total. The monoisotopic (exact) mass is 303 g/mol. The minimum atomic E-state index is -0.0544. The molecule has 0 saturated carbocycles. The van der Waals surface area contributed by atoms with Crippen molar-refractivity contribution in [3.05, 3.63) is 65.2 Å². The minimum absolute atomic E-state index is 0.0301. The Balaban J connectivity index is 1.94. The van der Waals surface area contributed by atoms with Crippen molar-refractivity contribution in [1.29, 1.82) is 0 Å². The van der Waals surface area contributed by atoms with Crippen LogP contribution in [0, 0.1) is 0 Å². The van der Waals surface area contributed by atoms with Gasteiger partial charge in [0.15, 0.2) is 6.61 Å². The fourth-order valence-electron chi connectivity index (χ4n) is 1.96. The molecule has 0 aromatic heterocycles. The number of carbonyl (C=O) groups excluding carboxylic acids is 1. The van der Waals surface area contributed by atoms with Gasteiger partial charge in [-0.25, -0.2) is 0 Å². The molecule has 2 aromatic rings. The van der Waals surface area contributed by atoms with E-state index in [9.17, 15) is 4.79 Å². The van der Waals surface area contributed by atoms with E-state index in [0.717, 1.165) is 5.56 Å². The highest BCUT2D eigenvalue weighted by atomic mass is 35.5. The summed E-state index contributed by atoms with van der Waals surface area (Å²) >= 11 is 6.13. The van der Waals surface area contributed by atoms with Crippen molar-refractivity contribution in [1.82, 2.24) is 4.90 Å². The highest BCUT2D eigenvalue weighted by Gasteiger charge is 2.14. The predicted molar refractivity (Wildman–Crippen MR) is 84.5 cm³/mol. The summed E-state index contributed by atoms with van der Waals surface area (Å²) in [4.78, 5) is 13.9. The Morgan fingerprint density at radius 2 is 1.76 bits per heavy atom. The number of hydrogen-bond donors (Lipinski definition) is 0. The molecule has 1 amide bonds. The topological polar surface area (TPSA) is 29.5 Å². The van der Waals surface area contributed by atoms with Crippen LogP contribution in [-0.2, 0) is 11.3 Å². The molecule has 0 aliphatic carbocycles. The molecule has 0 bridgehead atoms. The Hall–Kier alpha value is -2.00. The molecule has 110 valence electrons. The van der Waals surface area contributed by atoms with Gasteiger partial charge in [0.1, 0.15) is 5.75 Å². The van der Waals surface area contributed by atoms with Crippen molar-refractivity contribution in [3.8, 4) is 5.75 Å². The molecular weight excluding hydrogens is 286 g/mol. The first-order valence-electron chi connectivity index (χ1n) is 6.89. The molecule has 2 rings (SSSR count). The zero-order valence-corrected chi connectivity index (χ0v) is 12.7. The molecule has 2 aromatic carbocycles. The molecule has 3 nitrogen and oxygen atoms in total. The Morgan fingerprint density at radius 3 is 2.43 bits per heavy atom. The summed E-state index contributed by atoms with van der Waals surface area (Å²) in [5.74, 6) is 0.640. The molecule has 0 fully saturated rings. The second-order valence-electron chi connectivity index (χ2n) is 4.60. The van der Waals surface area contributed by atoms with Gasteiger partial charge in [-0.3, -0.25) is 4.79 Å². The van der Waals surface area contributed by atoms with E-state index >= 15 is 0 Å². The first-order valence-corrected chi connectivity index (χ1v) is 7.27. The summed E-state index contributed by atoms with van der Waals surface area (Å²) < 4.78 is 5.49. The highest BCUT2D eigenvalue weighted by molar-refractivity contribution is 6.31. The molecule has 0 radical (unpaired) electrons. The SMILES string of the molecule is CCN(Cc1ccccc1Cl)C(=O)COc1ccccc1. The van der Waals surface area contributed by atoms with Crippen molar-refractivity contribution in [3.63, 3.8) is 0 Å². The lowest BCUT2D eigenvalue weighted by Gasteiger charge is -2.21. The van der Waals surface area contributed by atoms with Gasteiger partial charge in [0.2, 0.25) is 0 Å². The average Bonchev–Trinajstić information content (AvgIpc) is 2.53. The zero-order valence-electron chi connectivity index (χ0n) is 12.0. The lowest BCUT2D eigenvalue weighted by atomic mass is 10.2. The van der Waals surface area contributed by atoms with Gasteiger partial charge in [0.25, 0.3) is 5.91 Å². The normalized spacial score (nSPS) is 10.2. The van der Waals surface area contributed by atoms with Crippen molar-refractivity contribution in [2.75, 3.05) is 13.2 Å². The number of benzene rings is 2. The van der Waals surface area contributed by atoms with Crippen LogP contribution >= 0.6 is 11.6 Å². The lowest BCUT2D eigenvalue weighted by Crippen LogP contribution is -2.34. The predicted octanol–water partition coefficient (Wildman–Crippen LogP) is 3.77. The lowest BCUT2D eigenvalue weighted by molar-refractivity contribution is -0.133. The molecule has 21 heavy (non-hydrogen) atoms. The molecular formula is C17H18ClNO2. The third-order valence-electron chi connectivity index (χ3n) is 3.16. The maximum atomic E-state index is 12.2. The number of para-hydroxylation sites is 1. The van der Waals surface area contributed by atoms with Crippen LogP contribution in [0.1, 0.15) is 12.5 Å². The van der Waals surface area contributed by atoms with Crippen LogP contribution in [0.3, 0.4) is 0 Å². The van der Waals surface area contributed by atoms with Crippen LogP contribution in [-0.4, -0.2) is 24.0 Å². The van der Waals surface area contributed by atoms with E-state index in [0.29, 0.717) is 23.9 Å². The summed E-state index contributed by atoms with van der Waals surface area (Å²) in [5, 5.41) is 0.674. The van der Waals surface area contributed by atoms with Crippen molar-refractivity contribution in [2.24, 2.45) is 0 Å². The molecule has 4 heteroatoms. The third kappa shape index (κ3) is 4.50. The summed E-state index contributed by atoms with van der Waals surface area (Å²) in [6.07, 6.45) is 0. The standard InChI is InChI=1S/C17H18ClNO2/c1-2-19(12-14-8-6-7-11-16(14)18)17(20)13-21-15-9-4-3-5-10-15/h3-11H,2,12-13H2,1H3. The average molecular weight is 304 g/mol. The number of ether oxygens (including phenoxy) is 1. The summed E-state index contributed by atoms with van der Waals surface area (Å²) in [7, 11) is 0. The first kappa shape index (κ1) is 15.4. The quantitative estimate of drug-likeness (QED) is 0.813. The Kier molecular flexibility index (Phi) is 5.64. The van der Waals surface area contributed by atoms with Gasteiger partial charge in [-0.15, -0.1) is 0 Å². The Labute approximate surface area is 130 Å². The van der Waals surface area contributed by atoms with Crippen molar-refractivity contribution in [2.45, 2.75) is 13.5 Å². The van der Waals surface area contributed by atoms with E-state index < -0.39 is 0 Å². The van der Waals surface area contributed by atoms with E-state index in [4.69, 9.17) is 16.3 Å². The van der Waals surface area contributed by atoms with E-state index in [1.807, 2.05) is 61.5 Å². The number of halogens is 1. The van der Waals surface area contributed by atoms with E-state index in [1.165, 1.54) is 0 Å². The van der Waals surface area contributed by atoms with E-state index in [-0.39, 0.29) is 12.5 Å². The van der Waals surface area contributed by atoms with Crippen LogP contribution in [0.4, 0.5) is 0 Å². The molecule has 0 unspecified atom stereocenters. The summed E-state index contributed by atoms with van der Waals surface area (Å²) in [6, 6.07) is 16.9. The number of rotatable bonds is 6. The number of hydrogen-bond acceptors (Lipinski definition) is 2. The fraction of sp³-hybridized carbons (Fsp3) is 0.235. The number of likely N-dealkylation sites (N-methyl/N-ethyl adjacent to an activating group) is 1. The van der Waals surface area contributed by atoms with Crippen LogP contribution in [0.15, 0.2) is 54.6 Å². The molecule has 0 atom stereocenters. The zero-order chi connectivity index (χ0) is 15.1. The smallest absolute Gasteiger partial charge is 0.260 e. The Bertz CT molecular complexity index is 586. The van der Waals surface area contributed by atoms with Crippen molar-refractivity contribution >= 4 is 17.5 Å². The number of nitrogens with zero attached hydrogens (tertiary/aromatic N) is 1. The van der Waals surface area contributed by atoms with E-state index in [2.05, 4.69) is 0 Å².